The first kappa shape index (κ1) is 13.5. The number of rotatable bonds is 2. The van der Waals surface area contributed by atoms with Crippen molar-refractivity contribution in [3.8, 4) is 0 Å². The summed E-state index contributed by atoms with van der Waals surface area (Å²) >= 11 is 0. The topological polar surface area (TPSA) is 75.9 Å². The first-order chi connectivity index (χ1) is 10.1. The van der Waals surface area contributed by atoms with E-state index < -0.39 is 0 Å². The van der Waals surface area contributed by atoms with Gasteiger partial charge in [0.05, 0.1) is 6.04 Å². The molecule has 7 heteroatoms. The second-order valence-electron chi connectivity index (χ2n) is 5.25. The van der Waals surface area contributed by atoms with Crippen LogP contribution in [0.4, 0.5) is 10.6 Å². The molecule has 1 fully saturated rings. The smallest absolute Gasteiger partial charge is 0.319 e. The average molecular weight is 286 g/mol. The molecule has 1 aliphatic heterocycles. The van der Waals surface area contributed by atoms with Gasteiger partial charge in [0, 0.05) is 19.3 Å². The Hall–Kier alpha value is -2.44. The summed E-state index contributed by atoms with van der Waals surface area (Å²) < 4.78 is 1.86. The van der Waals surface area contributed by atoms with Crippen LogP contribution in [0.5, 0.6) is 0 Å². The Kier molecular flexibility index (Phi) is 3.55. The van der Waals surface area contributed by atoms with Crippen LogP contribution in [0.3, 0.4) is 0 Å². The highest BCUT2D eigenvalue weighted by Crippen LogP contribution is 2.30. The third-order valence-corrected chi connectivity index (χ3v) is 3.68. The summed E-state index contributed by atoms with van der Waals surface area (Å²) in [6.07, 6.45) is 3.53. The molecule has 2 amide bonds. The molecule has 0 bridgehead atoms. The van der Waals surface area contributed by atoms with Crippen molar-refractivity contribution in [3.63, 3.8) is 0 Å². The lowest BCUT2D eigenvalue weighted by molar-refractivity contribution is 0.204. The molecule has 3 rings (SSSR count). The Morgan fingerprint density at radius 3 is 3.00 bits per heavy atom. The van der Waals surface area contributed by atoms with E-state index >= 15 is 0 Å². The van der Waals surface area contributed by atoms with E-state index in [9.17, 15) is 4.79 Å². The third-order valence-electron chi connectivity index (χ3n) is 3.68. The van der Waals surface area contributed by atoms with Gasteiger partial charge in [0.25, 0.3) is 0 Å². The molecule has 1 N–H and O–H groups in total. The third kappa shape index (κ3) is 2.72. The largest absolute Gasteiger partial charge is 0.323 e. The Morgan fingerprint density at radius 2 is 2.29 bits per heavy atom. The monoisotopic (exact) mass is 286 g/mol. The van der Waals surface area contributed by atoms with Crippen LogP contribution in [-0.4, -0.2) is 37.2 Å². The van der Waals surface area contributed by atoms with Crippen LogP contribution in [0.1, 0.15) is 30.4 Å². The van der Waals surface area contributed by atoms with Crippen molar-refractivity contribution in [2.24, 2.45) is 7.05 Å². The fraction of sp³-hybridized carbons (Fsp3) is 0.429. The number of anilines is 1. The van der Waals surface area contributed by atoms with Gasteiger partial charge in [0.1, 0.15) is 12.1 Å². The summed E-state index contributed by atoms with van der Waals surface area (Å²) in [7, 11) is 1.89. The van der Waals surface area contributed by atoms with E-state index in [1.165, 1.54) is 0 Å². The van der Waals surface area contributed by atoms with Gasteiger partial charge in [-0.1, -0.05) is 6.07 Å². The van der Waals surface area contributed by atoms with Crippen LogP contribution in [-0.2, 0) is 7.05 Å². The van der Waals surface area contributed by atoms with E-state index in [0.717, 1.165) is 30.9 Å². The van der Waals surface area contributed by atoms with Gasteiger partial charge in [-0.05, 0) is 31.9 Å². The highest BCUT2D eigenvalue weighted by atomic mass is 16.2. The average Bonchev–Trinajstić information content (AvgIpc) is 3.06. The first-order valence-electron chi connectivity index (χ1n) is 7.00. The van der Waals surface area contributed by atoms with Crippen LogP contribution in [0, 0.1) is 6.92 Å². The Morgan fingerprint density at radius 1 is 1.43 bits per heavy atom. The number of amides is 2. The first-order valence-corrected chi connectivity index (χ1v) is 7.00. The van der Waals surface area contributed by atoms with Gasteiger partial charge in [0.15, 0.2) is 5.82 Å². The second-order valence-corrected chi connectivity index (χ2v) is 5.25. The Balaban J connectivity index is 1.76. The number of carbonyl (C=O) groups excluding carboxylic acids is 1. The van der Waals surface area contributed by atoms with Gasteiger partial charge < -0.3 is 9.47 Å². The van der Waals surface area contributed by atoms with E-state index in [-0.39, 0.29) is 12.1 Å². The van der Waals surface area contributed by atoms with Crippen molar-refractivity contribution < 1.29 is 4.79 Å². The molecule has 1 aliphatic rings. The number of likely N-dealkylation sites (tertiary alicyclic amines) is 1. The summed E-state index contributed by atoms with van der Waals surface area (Å²) in [4.78, 5) is 18.6. The maximum atomic E-state index is 12.5. The molecule has 3 heterocycles. The maximum Gasteiger partial charge on any atom is 0.323 e. The van der Waals surface area contributed by atoms with Gasteiger partial charge >= 0.3 is 6.03 Å². The lowest BCUT2D eigenvalue weighted by Gasteiger charge is -2.24. The van der Waals surface area contributed by atoms with Crippen molar-refractivity contribution in [2.75, 3.05) is 11.9 Å². The molecule has 0 aromatic carbocycles. The summed E-state index contributed by atoms with van der Waals surface area (Å²) in [5.41, 5.74) is 0.874. The van der Waals surface area contributed by atoms with Crippen LogP contribution in [0.25, 0.3) is 0 Å². The minimum atomic E-state index is -0.140. The molecular weight excluding hydrogens is 268 g/mol. The van der Waals surface area contributed by atoms with E-state index in [1.54, 1.807) is 17.3 Å². The van der Waals surface area contributed by atoms with Gasteiger partial charge in [-0.15, -0.1) is 10.2 Å². The molecule has 2 aromatic heterocycles. The Bertz CT molecular complexity index is 652. The normalized spacial score (nSPS) is 18.0. The van der Waals surface area contributed by atoms with Crippen LogP contribution in [0.15, 0.2) is 24.5 Å². The number of carbonyl (C=O) groups is 1. The lowest BCUT2D eigenvalue weighted by atomic mass is 10.2. The fourth-order valence-corrected chi connectivity index (χ4v) is 2.67. The number of hydrogen-bond donors (Lipinski definition) is 1. The predicted octanol–water partition coefficient (Wildman–Crippen LogP) is 1.89. The van der Waals surface area contributed by atoms with Crippen molar-refractivity contribution in [3.05, 3.63) is 36.0 Å². The SMILES string of the molecule is Cc1cccc(NC(=O)N2CCC[C@H]2c2nncn2C)n1. The number of nitrogens with zero attached hydrogens (tertiary/aromatic N) is 5. The van der Waals surface area contributed by atoms with Crippen LogP contribution in [0.2, 0.25) is 0 Å². The molecule has 0 aliphatic carbocycles. The number of hydrogen-bond acceptors (Lipinski definition) is 4. The van der Waals surface area contributed by atoms with E-state index in [2.05, 4.69) is 20.5 Å². The van der Waals surface area contributed by atoms with Gasteiger partial charge in [-0.2, -0.15) is 0 Å². The summed E-state index contributed by atoms with van der Waals surface area (Å²) in [6, 6.07) is 5.40. The summed E-state index contributed by atoms with van der Waals surface area (Å²) in [6.45, 7) is 2.61. The number of nitrogens with one attached hydrogen (secondary N) is 1. The lowest BCUT2D eigenvalue weighted by Crippen LogP contribution is -2.35. The standard InChI is InChI=1S/C14H18N6O/c1-10-5-3-7-12(16-10)17-14(21)20-8-4-6-11(20)13-18-15-9-19(13)2/h3,5,7,9,11H,4,6,8H2,1-2H3,(H,16,17,21)/t11-/m0/s1. The van der Waals surface area contributed by atoms with Crippen molar-refractivity contribution >= 4 is 11.8 Å². The molecule has 0 radical (unpaired) electrons. The fourth-order valence-electron chi connectivity index (χ4n) is 2.67. The van der Waals surface area contributed by atoms with Crippen molar-refractivity contribution in [1.29, 1.82) is 0 Å². The summed E-state index contributed by atoms with van der Waals surface area (Å²) in [5.74, 6) is 1.39. The molecule has 2 aromatic rings. The predicted molar refractivity (Wildman–Crippen MR) is 77.7 cm³/mol. The highest BCUT2D eigenvalue weighted by molar-refractivity contribution is 5.88. The number of aryl methyl sites for hydroxylation is 2. The molecule has 21 heavy (non-hydrogen) atoms. The zero-order valence-corrected chi connectivity index (χ0v) is 12.2. The van der Waals surface area contributed by atoms with Crippen molar-refractivity contribution in [1.82, 2.24) is 24.6 Å². The zero-order valence-electron chi connectivity index (χ0n) is 12.2. The summed E-state index contributed by atoms with van der Waals surface area (Å²) in [5, 5.41) is 10.9. The molecule has 1 atom stereocenters. The minimum absolute atomic E-state index is 0.0256. The van der Waals surface area contributed by atoms with E-state index in [0.29, 0.717) is 5.82 Å². The van der Waals surface area contributed by atoms with E-state index in [1.807, 2.05) is 30.7 Å². The van der Waals surface area contributed by atoms with Crippen LogP contribution < -0.4 is 5.32 Å². The highest BCUT2D eigenvalue weighted by Gasteiger charge is 2.33. The minimum Gasteiger partial charge on any atom is -0.319 e. The van der Waals surface area contributed by atoms with Gasteiger partial charge in [-0.25, -0.2) is 9.78 Å². The second kappa shape index (κ2) is 5.51. The number of aromatic nitrogens is 4. The molecule has 0 spiro atoms. The van der Waals surface area contributed by atoms with Gasteiger partial charge in [-0.3, -0.25) is 5.32 Å². The number of pyridine rings is 1. The molecule has 0 saturated carbocycles. The van der Waals surface area contributed by atoms with Crippen LogP contribution >= 0.6 is 0 Å². The molecule has 0 unspecified atom stereocenters. The zero-order chi connectivity index (χ0) is 14.8. The molecular formula is C14H18N6O. The van der Waals surface area contributed by atoms with E-state index in [4.69, 9.17) is 0 Å². The van der Waals surface area contributed by atoms with Gasteiger partial charge in [0.2, 0.25) is 0 Å². The molecule has 7 nitrogen and oxygen atoms in total. The molecule has 110 valence electrons. The molecule has 1 saturated heterocycles. The Labute approximate surface area is 123 Å². The van der Waals surface area contributed by atoms with Crippen molar-refractivity contribution in [2.45, 2.75) is 25.8 Å². The number of urea groups is 1. The maximum absolute atomic E-state index is 12.5. The quantitative estimate of drug-likeness (QED) is 0.914.